The second-order valence-corrected chi connectivity index (χ2v) is 6.26. The van der Waals surface area contributed by atoms with Gasteiger partial charge in [-0.25, -0.2) is 9.97 Å². The van der Waals surface area contributed by atoms with Crippen LogP contribution in [-0.2, 0) is 6.42 Å². The van der Waals surface area contributed by atoms with Crippen LogP contribution in [0.1, 0.15) is 28.3 Å². The summed E-state index contributed by atoms with van der Waals surface area (Å²) in [6.07, 6.45) is 1.81. The van der Waals surface area contributed by atoms with Crippen molar-refractivity contribution in [3.8, 4) is 0 Å². The van der Waals surface area contributed by atoms with E-state index in [2.05, 4.69) is 37.6 Å². The smallest absolute Gasteiger partial charge is 0.270 e. The predicted molar refractivity (Wildman–Crippen MR) is 101 cm³/mol. The molecule has 1 aromatic heterocycles. The topological polar surface area (TPSA) is 70.2 Å². The van der Waals surface area contributed by atoms with Gasteiger partial charge < -0.3 is 15.5 Å². The summed E-state index contributed by atoms with van der Waals surface area (Å²) in [6.45, 7) is 4.13. The number of hydrogen-bond acceptors (Lipinski definition) is 5. The molecule has 134 valence electrons. The van der Waals surface area contributed by atoms with Gasteiger partial charge in [0, 0.05) is 19.2 Å². The van der Waals surface area contributed by atoms with E-state index in [1.807, 2.05) is 32.3 Å². The summed E-state index contributed by atoms with van der Waals surface area (Å²) in [4.78, 5) is 22.9. The molecule has 0 radical (unpaired) electrons. The molecule has 0 bridgehead atoms. The lowest BCUT2D eigenvalue weighted by Crippen LogP contribution is -2.28. The molecule has 0 saturated heterocycles. The third-order valence-corrected chi connectivity index (χ3v) is 3.70. The first-order chi connectivity index (χ1) is 12.0. The molecule has 0 aliphatic heterocycles. The van der Waals surface area contributed by atoms with E-state index in [4.69, 9.17) is 0 Å². The molecule has 25 heavy (non-hydrogen) atoms. The van der Waals surface area contributed by atoms with E-state index >= 15 is 0 Å². The van der Waals surface area contributed by atoms with E-state index in [1.165, 1.54) is 5.56 Å². The average Bonchev–Trinajstić information content (AvgIpc) is 2.59. The molecule has 0 spiro atoms. The van der Waals surface area contributed by atoms with Crippen molar-refractivity contribution in [3.05, 3.63) is 53.5 Å². The zero-order chi connectivity index (χ0) is 18.1. The van der Waals surface area contributed by atoms with Gasteiger partial charge in [-0.1, -0.05) is 30.3 Å². The minimum atomic E-state index is -0.157. The third-order valence-electron chi connectivity index (χ3n) is 3.70. The molecule has 0 aliphatic rings. The van der Waals surface area contributed by atoms with Crippen LogP contribution in [0, 0.1) is 6.92 Å². The number of hydrogen-bond donors (Lipinski definition) is 2. The number of nitrogens with one attached hydrogen (secondary N) is 2. The lowest BCUT2D eigenvalue weighted by molar-refractivity contribution is 0.0947. The van der Waals surface area contributed by atoms with E-state index in [0.29, 0.717) is 23.9 Å². The third kappa shape index (κ3) is 6.89. The van der Waals surface area contributed by atoms with Crippen LogP contribution >= 0.6 is 0 Å². The van der Waals surface area contributed by atoms with Crippen molar-refractivity contribution in [1.82, 2.24) is 20.2 Å². The summed E-state index contributed by atoms with van der Waals surface area (Å²) < 4.78 is 0. The molecule has 6 nitrogen and oxygen atoms in total. The van der Waals surface area contributed by atoms with Gasteiger partial charge in [0.15, 0.2) is 0 Å². The summed E-state index contributed by atoms with van der Waals surface area (Å²) in [7, 11) is 4.03. The second-order valence-electron chi connectivity index (χ2n) is 6.26. The average molecular weight is 341 g/mol. The molecule has 0 unspecified atom stereocenters. The largest absolute Gasteiger partial charge is 0.370 e. The number of benzene rings is 1. The molecular formula is C19H27N5O. The predicted octanol–water partition coefficient (Wildman–Crippen LogP) is 2.12. The summed E-state index contributed by atoms with van der Waals surface area (Å²) in [5, 5.41) is 6.18. The van der Waals surface area contributed by atoms with Crippen LogP contribution in [0.25, 0.3) is 0 Å². The quantitative estimate of drug-likeness (QED) is 0.684. The van der Waals surface area contributed by atoms with Crippen LogP contribution in [0.15, 0.2) is 36.4 Å². The molecule has 0 fully saturated rings. The standard InChI is InChI=1S/C19H27N5O/c1-15-22-17(19(25)21-11-7-13-24(2)3)14-18(23-15)20-12-10-16-8-5-4-6-9-16/h4-6,8-9,14H,7,10-13H2,1-3H3,(H,21,25)(H,20,22,23). The van der Waals surface area contributed by atoms with Crippen LogP contribution in [0.2, 0.25) is 0 Å². The minimum absolute atomic E-state index is 0.157. The summed E-state index contributed by atoms with van der Waals surface area (Å²) in [5.74, 6) is 1.11. The first-order valence-electron chi connectivity index (χ1n) is 8.61. The Kier molecular flexibility index (Phi) is 7.35. The van der Waals surface area contributed by atoms with E-state index in [9.17, 15) is 4.79 Å². The first-order valence-corrected chi connectivity index (χ1v) is 8.61. The van der Waals surface area contributed by atoms with Gasteiger partial charge in [-0.2, -0.15) is 0 Å². The number of aryl methyl sites for hydroxylation is 1. The molecular weight excluding hydrogens is 314 g/mol. The summed E-state index contributed by atoms with van der Waals surface area (Å²) in [5.41, 5.74) is 1.67. The summed E-state index contributed by atoms with van der Waals surface area (Å²) in [6, 6.07) is 12.0. The molecule has 0 aliphatic carbocycles. The Hall–Kier alpha value is -2.47. The Morgan fingerprint density at radius 2 is 1.88 bits per heavy atom. The number of rotatable bonds is 9. The highest BCUT2D eigenvalue weighted by Gasteiger charge is 2.10. The Labute approximate surface area is 149 Å². The maximum Gasteiger partial charge on any atom is 0.270 e. The van der Waals surface area contributed by atoms with Crippen molar-refractivity contribution in [1.29, 1.82) is 0 Å². The number of carbonyl (C=O) groups excluding carboxylic acids is 1. The molecule has 2 aromatic rings. The van der Waals surface area contributed by atoms with Crippen molar-refractivity contribution in [2.45, 2.75) is 19.8 Å². The molecule has 0 saturated carbocycles. The van der Waals surface area contributed by atoms with E-state index < -0.39 is 0 Å². The Morgan fingerprint density at radius 1 is 1.12 bits per heavy atom. The number of anilines is 1. The van der Waals surface area contributed by atoms with E-state index in [-0.39, 0.29) is 5.91 Å². The molecule has 1 amide bonds. The highest BCUT2D eigenvalue weighted by Crippen LogP contribution is 2.08. The van der Waals surface area contributed by atoms with E-state index in [1.54, 1.807) is 13.0 Å². The monoisotopic (exact) mass is 341 g/mol. The molecule has 6 heteroatoms. The zero-order valence-electron chi connectivity index (χ0n) is 15.2. The molecule has 1 aromatic carbocycles. The SMILES string of the molecule is Cc1nc(NCCc2ccccc2)cc(C(=O)NCCCN(C)C)n1. The number of nitrogens with zero attached hydrogens (tertiary/aromatic N) is 3. The lowest BCUT2D eigenvalue weighted by atomic mass is 10.1. The fraction of sp³-hybridized carbons (Fsp3) is 0.421. The molecule has 1 heterocycles. The number of carbonyl (C=O) groups is 1. The fourth-order valence-electron chi connectivity index (χ4n) is 2.44. The van der Waals surface area contributed by atoms with Crippen LogP contribution < -0.4 is 10.6 Å². The van der Waals surface area contributed by atoms with Crippen LogP contribution in [0.5, 0.6) is 0 Å². The van der Waals surface area contributed by atoms with E-state index in [0.717, 1.165) is 25.9 Å². The van der Waals surface area contributed by atoms with Crippen molar-refractivity contribution in [2.24, 2.45) is 0 Å². The van der Waals surface area contributed by atoms with Gasteiger partial charge in [-0.15, -0.1) is 0 Å². The molecule has 2 rings (SSSR count). The van der Waals surface area contributed by atoms with Crippen LogP contribution in [-0.4, -0.2) is 54.5 Å². The van der Waals surface area contributed by atoms with Gasteiger partial charge in [-0.05, 0) is 46.0 Å². The van der Waals surface area contributed by atoms with Crippen LogP contribution in [0.4, 0.5) is 5.82 Å². The molecule has 2 N–H and O–H groups in total. The Morgan fingerprint density at radius 3 is 2.60 bits per heavy atom. The van der Waals surface area contributed by atoms with Gasteiger partial charge >= 0.3 is 0 Å². The van der Waals surface area contributed by atoms with Crippen molar-refractivity contribution < 1.29 is 4.79 Å². The van der Waals surface area contributed by atoms with Crippen molar-refractivity contribution >= 4 is 11.7 Å². The fourth-order valence-corrected chi connectivity index (χ4v) is 2.44. The lowest BCUT2D eigenvalue weighted by Gasteiger charge is -2.11. The minimum Gasteiger partial charge on any atom is -0.370 e. The van der Waals surface area contributed by atoms with Crippen molar-refractivity contribution in [3.63, 3.8) is 0 Å². The zero-order valence-corrected chi connectivity index (χ0v) is 15.2. The highest BCUT2D eigenvalue weighted by atomic mass is 16.1. The Bertz CT molecular complexity index is 673. The second kappa shape index (κ2) is 9.74. The maximum atomic E-state index is 12.2. The van der Waals surface area contributed by atoms with Gasteiger partial charge in [0.2, 0.25) is 0 Å². The number of aromatic nitrogens is 2. The highest BCUT2D eigenvalue weighted by molar-refractivity contribution is 5.92. The first kappa shape index (κ1) is 18.9. The van der Waals surface area contributed by atoms with Gasteiger partial charge in [-0.3, -0.25) is 4.79 Å². The van der Waals surface area contributed by atoms with Gasteiger partial charge in [0.1, 0.15) is 17.3 Å². The van der Waals surface area contributed by atoms with Crippen LogP contribution in [0.3, 0.4) is 0 Å². The molecule has 0 atom stereocenters. The Balaban J connectivity index is 1.87. The normalized spacial score (nSPS) is 10.7. The number of amides is 1. The van der Waals surface area contributed by atoms with Gasteiger partial charge in [0.05, 0.1) is 0 Å². The van der Waals surface area contributed by atoms with Gasteiger partial charge in [0.25, 0.3) is 5.91 Å². The summed E-state index contributed by atoms with van der Waals surface area (Å²) >= 11 is 0. The maximum absolute atomic E-state index is 12.2. The van der Waals surface area contributed by atoms with Crippen molar-refractivity contribution in [2.75, 3.05) is 39.0 Å².